The molecule has 2 aromatic rings. The number of benzene rings is 1. The molecule has 2 amide bonds. The summed E-state index contributed by atoms with van der Waals surface area (Å²) >= 11 is 0. The Hall–Kier alpha value is -2.89. The Labute approximate surface area is 153 Å². The van der Waals surface area contributed by atoms with Gasteiger partial charge in [0.05, 0.1) is 5.69 Å². The van der Waals surface area contributed by atoms with Crippen LogP contribution >= 0.6 is 0 Å². The zero-order valence-electron chi connectivity index (χ0n) is 15.3. The molecule has 6 nitrogen and oxygen atoms in total. The molecule has 1 aromatic heterocycles. The minimum absolute atomic E-state index is 0.00778. The van der Waals surface area contributed by atoms with Gasteiger partial charge in [0.1, 0.15) is 18.0 Å². The molecule has 0 aliphatic carbocycles. The van der Waals surface area contributed by atoms with Crippen LogP contribution in [0.1, 0.15) is 20.8 Å². The highest BCUT2D eigenvalue weighted by molar-refractivity contribution is 5.96. The number of anilines is 1. The van der Waals surface area contributed by atoms with E-state index in [4.69, 9.17) is 4.74 Å². The van der Waals surface area contributed by atoms with Crippen molar-refractivity contribution in [2.24, 2.45) is 0 Å². The summed E-state index contributed by atoms with van der Waals surface area (Å²) in [6.07, 6.45) is -0.462. The van der Waals surface area contributed by atoms with Crippen LogP contribution < -0.4 is 4.90 Å². The molecule has 3 rings (SSSR count). The number of aromatic nitrogens is 1. The van der Waals surface area contributed by atoms with Crippen molar-refractivity contribution in [3.05, 3.63) is 48.5 Å². The van der Waals surface area contributed by atoms with Crippen LogP contribution in [0.15, 0.2) is 48.5 Å². The first kappa shape index (κ1) is 17.9. The number of hydrogen-bond donors (Lipinski definition) is 0. The van der Waals surface area contributed by atoms with Crippen LogP contribution in [-0.4, -0.2) is 47.1 Å². The monoisotopic (exact) mass is 353 g/mol. The molecule has 0 spiro atoms. The van der Waals surface area contributed by atoms with Gasteiger partial charge in [0, 0.05) is 18.7 Å². The Morgan fingerprint density at radius 2 is 1.77 bits per heavy atom. The molecule has 2 heterocycles. The van der Waals surface area contributed by atoms with Crippen molar-refractivity contribution >= 4 is 17.8 Å². The van der Waals surface area contributed by atoms with Crippen LogP contribution in [0.4, 0.5) is 10.6 Å². The standard InChI is InChI=1S/C20H23N3O3/c1-20(2,3)26-19(25)22-12-13-23(18(24)14-22)17-11-7-10-16(21-17)15-8-5-4-6-9-15/h4-11H,12-14H2,1-3H3. The average Bonchev–Trinajstić information content (AvgIpc) is 2.61. The van der Waals surface area contributed by atoms with E-state index in [2.05, 4.69) is 4.98 Å². The molecule has 0 N–H and O–H groups in total. The highest BCUT2D eigenvalue weighted by atomic mass is 16.6. The quantitative estimate of drug-likeness (QED) is 0.831. The smallest absolute Gasteiger partial charge is 0.410 e. The van der Waals surface area contributed by atoms with Gasteiger partial charge in [0.15, 0.2) is 0 Å². The molecular formula is C20H23N3O3. The molecular weight excluding hydrogens is 330 g/mol. The van der Waals surface area contributed by atoms with Crippen molar-refractivity contribution in [3.63, 3.8) is 0 Å². The second kappa shape index (κ2) is 7.15. The third-order valence-electron chi connectivity index (χ3n) is 3.95. The predicted octanol–water partition coefficient (Wildman–Crippen LogP) is 3.33. The normalized spacial score (nSPS) is 15.1. The highest BCUT2D eigenvalue weighted by Crippen LogP contribution is 2.22. The number of rotatable bonds is 2. The van der Waals surface area contributed by atoms with E-state index in [1.807, 2.05) is 69.3 Å². The molecule has 0 unspecified atom stereocenters. The largest absolute Gasteiger partial charge is 0.444 e. The van der Waals surface area contributed by atoms with Gasteiger partial charge in [-0.3, -0.25) is 14.6 Å². The number of pyridine rings is 1. The van der Waals surface area contributed by atoms with E-state index in [9.17, 15) is 9.59 Å². The van der Waals surface area contributed by atoms with Gasteiger partial charge in [-0.05, 0) is 32.9 Å². The Morgan fingerprint density at radius 1 is 1.04 bits per heavy atom. The number of carbonyl (C=O) groups is 2. The molecule has 1 fully saturated rings. The summed E-state index contributed by atoms with van der Waals surface area (Å²) in [5.41, 5.74) is 1.22. The lowest BCUT2D eigenvalue weighted by molar-refractivity contribution is -0.121. The van der Waals surface area contributed by atoms with Gasteiger partial charge >= 0.3 is 6.09 Å². The molecule has 1 aromatic carbocycles. The molecule has 6 heteroatoms. The lowest BCUT2D eigenvalue weighted by Crippen LogP contribution is -2.53. The molecule has 1 saturated heterocycles. The number of carbonyl (C=O) groups excluding carboxylic acids is 2. The van der Waals surface area contributed by atoms with Gasteiger partial charge in [0.25, 0.3) is 0 Å². The number of amides is 2. The molecule has 0 bridgehead atoms. The maximum Gasteiger partial charge on any atom is 0.410 e. The van der Waals surface area contributed by atoms with Crippen LogP contribution in [0, 0.1) is 0 Å². The van der Waals surface area contributed by atoms with Crippen molar-refractivity contribution in [1.82, 2.24) is 9.88 Å². The number of nitrogens with zero attached hydrogens (tertiary/aromatic N) is 3. The summed E-state index contributed by atoms with van der Waals surface area (Å²) in [5, 5.41) is 0. The zero-order chi connectivity index (χ0) is 18.7. The second-order valence-corrected chi connectivity index (χ2v) is 7.19. The van der Waals surface area contributed by atoms with E-state index < -0.39 is 11.7 Å². The highest BCUT2D eigenvalue weighted by Gasteiger charge is 2.31. The van der Waals surface area contributed by atoms with Crippen LogP contribution in [0.25, 0.3) is 11.3 Å². The summed E-state index contributed by atoms with van der Waals surface area (Å²) in [5.74, 6) is 0.431. The Bertz CT molecular complexity index is 799. The fourth-order valence-electron chi connectivity index (χ4n) is 2.74. The zero-order valence-corrected chi connectivity index (χ0v) is 15.3. The first-order valence-corrected chi connectivity index (χ1v) is 8.64. The summed E-state index contributed by atoms with van der Waals surface area (Å²) in [7, 11) is 0. The van der Waals surface area contributed by atoms with Gasteiger partial charge in [-0.15, -0.1) is 0 Å². The van der Waals surface area contributed by atoms with Gasteiger partial charge in [-0.1, -0.05) is 36.4 Å². The van der Waals surface area contributed by atoms with Crippen molar-refractivity contribution < 1.29 is 14.3 Å². The van der Waals surface area contributed by atoms with E-state index >= 15 is 0 Å². The molecule has 1 aliphatic heterocycles. The Morgan fingerprint density at radius 3 is 2.42 bits per heavy atom. The lowest BCUT2D eigenvalue weighted by atomic mass is 10.1. The Kier molecular flexibility index (Phi) is 4.93. The first-order valence-electron chi connectivity index (χ1n) is 8.64. The summed E-state index contributed by atoms with van der Waals surface area (Å²) in [4.78, 5) is 32.4. The van der Waals surface area contributed by atoms with Crippen molar-refractivity contribution in [2.75, 3.05) is 24.5 Å². The molecule has 0 radical (unpaired) electrons. The van der Waals surface area contributed by atoms with Crippen LogP contribution in [0.5, 0.6) is 0 Å². The summed E-state index contributed by atoms with van der Waals surface area (Å²) < 4.78 is 5.34. The van der Waals surface area contributed by atoms with E-state index in [-0.39, 0.29) is 12.5 Å². The van der Waals surface area contributed by atoms with Gasteiger partial charge < -0.3 is 4.74 Å². The van der Waals surface area contributed by atoms with Crippen LogP contribution in [0.3, 0.4) is 0 Å². The van der Waals surface area contributed by atoms with Gasteiger partial charge in [0.2, 0.25) is 5.91 Å². The second-order valence-electron chi connectivity index (χ2n) is 7.19. The van der Waals surface area contributed by atoms with E-state index in [0.717, 1.165) is 11.3 Å². The third kappa shape index (κ3) is 4.20. The van der Waals surface area contributed by atoms with E-state index in [0.29, 0.717) is 18.9 Å². The minimum atomic E-state index is -0.581. The maximum absolute atomic E-state index is 12.6. The van der Waals surface area contributed by atoms with Crippen molar-refractivity contribution in [3.8, 4) is 11.3 Å². The molecule has 0 atom stereocenters. The first-order chi connectivity index (χ1) is 12.3. The fraction of sp³-hybridized carbons (Fsp3) is 0.350. The minimum Gasteiger partial charge on any atom is -0.444 e. The average molecular weight is 353 g/mol. The SMILES string of the molecule is CC(C)(C)OC(=O)N1CCN(c2cccc(-c3ccccc3)n2)C(=O)C1. The summed E-state index contributed by atoms with van der Waals surface area (Å²) in [6.45, 7) is 6.22. The maximum atomic E-state index is 12.6. The lowest BCUT2D eigenvalue weighted by Gasteiger charge is -2.34. The summed E-state index contributed by atoms with van der Waals surface area (Å²) in [6, 6.07) is 15.4. The van der Waals surface area contributed by atoms with Crippen molar-refractivity contribution in [1.29, 1.82) is 0 Å². The fourth-order valence-corrected chi connectivity index (χ4v) is 2.74. The Balaban J connectivity index is 1.72. The number of hydrogen-bond acceptors (Lipinski definition) is 4. The molecule has 1 aliphatic rings. The molecule has 0 saturated carbocycles. The molecule has 26 heavy (non-hydrogen) atoms. The topological polar surface area (TPSA) is 62.7 Å². The van der Waals surface area contributed by atoms with Gasteiger partial charge in [-0.2, -0.15) is 0 Å². The predicted molar refractivity (Wildman–Crippen MR) is 99.8 cm³/mol. The molecule has 136 valence electrons. The number of ether oxygens (including phenoxy) is 1. The van der Waals surface area contributed by atoms with Gasteiger partial charge in [-0.25, -0.2) is 9.78 Å². The van der Waals surface area contributed by atoms with E-state index in [1.165, 1.54) is 4.90 Å². The van der Waals surface area contributed by atoms with Crippen LogP contribution in [-0.2, 0) is 9.53 Å². The van der Waals surface area contributed by atoms with E-state index in [1.54, 1.807) is 4.90 Å². The third-order valence-corrected chi connectivity index (χ3v) is 3.95. The van der Waals surface area contributed by atoms with Crippen molar-refractivity contribution in [2.45, 2.75) is 26.4 Å². The van der Waals surface area contributed by atoms with Crippen LogP contribution in [0.2, 0.25) is 0 Å². The number of piperazine rings is 1.